The molecular formula is C7H18Cl2N8. The minimum Gasteiger partial charge on any atom is -0.369 e. The van der Waals surface area contributed by atoms with Gasteiger partial charge < -0.3 is 22.9 Å². The van der Waals surface area contributed by atoms with E-state index < -0.39 is 0 Å². The maximum Gasteiger partial charge on any atom is 0.211 e. The molecule has 10 heteroatoms. The Kier molecular flexibility index (Phi) is 13.4. The molecular weight excluding hydrogens is 267 g/mol. The number of nitrogens with two attached hydrogens (primary N) is 4. The van der Waals surface area contributed by atoms with Gasteiger partial charge in [-0.25, -0.2) is 0 Å². The number of guanidine groups is 2. The number of nitrogens with zero attached hydrogens (tertiary/aromatic N) is 4. The molecule has 17 heavy (non-hydrogen) atoms. The van der Waals surface area contributed by atoms with Crippen LogP contribution in [0, 0.1) is 0 Å². The molecule has 0 saturated carbocycles. The fraction of sp³-hybridized carbons (Fsp3) is 0.429. The molecule has 0 aliphatic rings. The standard InChI is InChI=1S/C7H16N8.2ClH/c1-3-5(13-15-7(10)11)4(2)12-14-6(8)9;;/h3H2,1-2H3,(H4,8,9,14)(H4,10,11,15);2*1H. The second-order valence-corrected chi connectivity index (χ2v) is 2.64. The van der Waals surface area contributed by atoms with E-state index in [9.17, 15) is 0 Å². The van der Waals surface area contributed by atoms with Gasteiger partial charge in [-0.1, -0.05) is 6.92 Å². The van der Waals surface area contributed by atoms with Gasteiger partial charge in [0.25, 0.3) is 0 Å². The molecule has 0 amide bonds. The maximum atomic E-state index is 5.13. The predicted octanol–water partition coefficient (Wildman–Crippen LogP) is -0.481. The van der Waals surface area contributed by atoms with E-state index in [-0.39, 0.29) is 36.7 Å². The number of hydrogen-bond donors (Lipinski definition) is 4. The summed E-state index contributed by atoms with van der Waals surface area (Å²) < 4.78 is 0. The lowest BCUT2D eigenvalue weighted by molar-refractivity contribution is 1.15. The van der Waals surface area contributed by atoms with Gasteiger partial charge in [0.2, 0.25) is 11.9 Å². The Labute approximate surface area is 112 Å². The molecule has 8 N–H and O–H groups in total. The number of hydrogen-bond acceptors (Lipinski definition) is 4. The zero-order valence-corrected chi connectivity index (χ0v) is 11.3. The third-order valence-corrected chi connectivity index (χ3v) is 1.35. The lowest BCUT2D eigenvalue weighted by atomic mass is 10.2. The molecule has 8 nitrogen and oxygen atoms in total. The topological polar surface area (TPSA) is 154 Å². The quantitative estimate of drug-likeness (QED) is 0.313. The molecule has 0 aromatic rings. The number of rotatable bonds is 4. The van der Waals surface area contributed by atoms with Gasteiger partial charge in [0, 0.05) is 0 Å². The lowest BCUT2D eigenvalue weighted by Gasteiger charge is -1.98. The minimum atomic E-state index is -0.119. The molecule has 0 rings (SSSR count). The molecule has 0 aromatic heterocycles. The van der Waals surface area contributed by atoms with Gasteiger partial charge in [0.05, 0.1) is 11.4 Å². The van der Waals surface area contributed by atoms with Crippen LogP contribution in [0.3, 0.4) is 0 Å². The van der Waals surface area contributed by atoms with Crippen molar-refractivity contribution in [3.8, 4) is 0 Å². The Morgan fingerprint density at radius 3 is 1.59 bits per heavy atom. The van der Waals surface area contributed by atoms with Gasteiger partial charge in [-0.2, -0.15) is 10.2 Å². The lowest BCUT2D eigenvalue weighted by Crippen LogP contribution is -2.23. The zero-order valence-electron chi connectivity index (χ0n) is 9.62. The van der Waals surface area contributed by atoms with Gasteiger partial charge in [-0.3, -0.25) is 0 Å². The summed E-state index contributed by atoms with van der Waals surface area (Å²) in [4.78, 5) is 0. The smallest absolute Gasteiger partial charge is 0.211 e. The summed E-state index contributed by atoms with van der Waals surface area (Å²) in [5.74, 6) is -0.234. The fourth-order valence-electron chi connectivity index (χ4n) is 0.707. The molecule has 0 spiro atoms. The van der Waals surface area contributed by atoms with Crippen molar-refractivity contribution in [1.82, 2.24) is 0 Å². The molecule has 0 fully saturated rings. The van der Waals surface area contributed by atoms with Crippen LogP contribution in [0.25, 0.3) is 0 Å². The van der Waals surface area contributed by atoms with Crippen LogP contribution < -0.4 is 22.9 Å². The normalized spacial score (nSPS) is 10.7. The van der Waals surface area contributed by atoms with E-state index in [1.165, 1.54) is 0 Å². The molecule has 0 saturated heterocycles. The third-order valence-electron chi connectivity index (χ3n) is 1.35. The highest BCUT2D eigenvalue weighted by Crippen LogP contribution is 1.92. The molecule has 0 unspecified atom stereocenters. The van der Waals surface area contributed by atoms with E-state index in [4.69, 9.17) is 22.9 Å². The van der Waals surface area contributed by atoms with Gasteiger partial charge in [-0.05, 0) is 13.3 Å². The summed E-state index contributed by atoms with van der Waals surface area (Å²) in [6.45, 7) is 3.59. The first-order valence-corrected chi connectivity index (χ1v) is 4.26. The fourth-order valence-corrected chi connectivity index (χ4v) is 0.707. The predicted molar refractivity (Wildman–Crippen MR) is 77.0 cm³/mol. The first kappa shape index (κ1) is 20.8. The van der Waals surface area contributed by atoms with Crippen molar-refractivity contribution in [3.05, 3.63) is 0 Å². The van der Waals surface area contributed by atoms with E-state index in [0.29, 0.717) is 17.8 Å². The first-order chi connectivity index (χ1) is 6.97. The maximum absolute atomic E-state index is 5.13. The molecule has 0 aromatic carbocycles. The largest absolute Gasteiger partial charge is 0.369 e. The number of halogens is 2. The Balaban J connectivity index is -0.000000980. The Hall–Kier alpha value is -1.54. The van der Waals surface area contributed by atoms with Gasteiger partial charge in [-0.15, -0.1) is 35.0 Å². The third kappa shape index (κ3) is 10.7. The Morgan fingerprint density at radius 2 is 1.24 bits per heavy atom. The summed E-state index contributed by atoms with van der Waals surface area (Å²) in [6.07, 6.45) is 0.617. The van der Waals surface area contributed by atoms with Crippen molar-refractivity contribution in [2.24, 2.45) is 43.3 Å². The van der Waals surface area contributed by atoms with Gasteiger partial charge in [0.15, 0.2) is 0 Å². The van der Waals surface area contributed by atoms with Crippen LogP contribution >= 0.6 is 24.8 Å². The molecule has 0 bridgehead atoms. The van der Waals surface area contributed by atoms with Crippen LogP contribution in [0.2, 0.25) is 0 Å². The van der Waals surface area contributed by atoms with Crippen molar-refractivity contribution in [1.29, 1.82) is 0 Å². The average molecular weight is 285 g/mol. The molecule has 0 radical (unpaired) electrons. The van der Waals surface area contributed by atoms with Crippen molar-refractivity contribution in [2.45, 2.75) is 20.3 Å². The summed E-state index contributed by atoms with van der Waals surface area (Å²) >= 11 is 0. The molecule has 0 aliphatic carbocycles. The van der Waals surface area contributed by atoms with E-state index in [2.05, 4.69) is 20.4 Å². The first-order valence-electron chi connectivity index (χ1n) is 4.26. The van der Waals surface area contributed by atoms with Crippen molar-refractivity contribution < 1.29 is 0 Å². The van der Waals surface area contributed by atoms with E-state index in [1.807, 2.05) is 6.92 Å². The van der Waals surface area contributed by atoms with Crippen LogP contribution in [0.1, 0.15) is 20.3 Å². The molecule has 0 atom stereocenters. The zero-order chi connectivity index (χ0) is 11.8. The minimum absolute atomic E-state index is 0. The van der Waals surface area contributed by atoms with Gasteiger partial charge in [0.1, 0.15) is 0 Å². The average Bonchev–Trinajstić information content (AvgIpc) is 2.15. The highest BCUT2D eigenvalue weighted by molar-refractivity contribution is 6.41. The highest BCUT2D eigenvalue weighted by Gasteiger charge is 2.00. The Morgan fingerprint density at radius 1 is 0.824 bits per heavy atom. The van der Waals surface area contributed by atoms with Crippen LogP contribution in [0.15, 0.2) is 20.4 Å². The highest BCUT2D eigenvalue weighted by atomic mass is 35.5. The van der Waals surface area contributed by atoms with Crippen LogP contribution in [-0.2, 0) is 0 Å². The van der Waals surface area contributed by atoms with Crippen molar-refractivity contribution >= 4 is 48.2 Å². The SMILES string of the molecule is CCC(=NN=C(N)N)C(C)=NN=C(N)N.Cl.Cl. The summed E-state index contributed by atoms with van der Waals surface area (Å²) in [5.41, 5.74) is 21.7. The van der Waals surface area contributed by atoms with Gasteiger partial charge >= 0.3 is 0 Å². The van der Waals surface area contributed by atoms with E-state index >= 15 is 0 Å². The second-order valence-electron chi connectivity index (χ2n) is 2.64. The van der Waals surface area contributed by atoms with Crippen molar-refractivity contribution in [3.63, 3.8) is 0 Å². The van der Waals surface area contributed by atoms with Crippen molar-refractivity contribution in [2.75, 3.05) is 0 Å². The van der Waals surface area contributed by atoms with Crippen LogP contribution in [0.5, 0.6) is 0 Å². The summed E-state index contributed by atoms with van der Waals surface area (Å²) in [7, 11) is 0. The van der Waals surface area contributed by atoms with Crippen LogP contribution in [-0.4, -0.2) is 23.3 Å². The van der Waals surface area contributed by atoms with E-state index in [1.54, 1.807) is 6.92 Å². The summed E-state index contributed by atoms with van der Waals surface area (Å²) in [5, 5.41) is 14.5. The second kappa shape index (κ2) is 11.0. The van der Waals surface area contributed by atoms with Crippen LogP contribution in [0.4, 0.5) is 0 Å². The molecule has 0 aliphatic heterocycles. The van der Waals surface area contributed by atoms with E-state index in [0.717, 1.165) is 0 Å². The molecule has 0 heterocycles. The molecule has 100 valence electrons. The summed E-state index contributed by atoms with van der Waals surface area (Å²) in [6, 6.07) is 0. The monoisotopic (exact) mass is 284 g/mol. The Bertz CT molecular complexity index is 325.